The molecule has 510 valence electrons. The molecule has 0 bridgehead atoms. The predicted molar refractivity (Wildman–Crippen MR) is 390 cm³/mol. The fraction of sp³-hybridized carbons (Fsp3) is 0.286. The van der Waals surface area contributed by atoms with Crippen LogP contribution in [0.5, 0.6) is 0 Å². The number of amides is 3. The molecule has 0 aliphatic carbocycles. The lowest BCUT2D eigenvalue weighted by atomic mass is 9.87. The quantitative estimate of drug-likeness (QED) is 0.0341. The van der Waals surface area contributed by atoms with Crippen LogP contribution in [0.1, 0.15) is 161 Å². The van der Waals surface area contributed by atoms with Gasteiger partial charge in [-0.3, -0.25) is 28.8 Å². The van der Waals surface area contributed by atoms with Gasteiger partial charge in [-0.2, -0.15) is 0 Å². The second-order valence-corrected chi connectivity index (χ2v) is 25.7. The van der Waals surface area contributed by atoms with Crippen molar-refractivity contribution in [2.24, 2.45) is 0 Å². The molecule has 99 heavy (non-hydrogen) atoms. The van der Waals surface area contributed by atoms with Gasteiger partial charge in [-0.25, -0.2) is 13.2 Å². The lowest BCUT2D eigenvalue weighted by Crippen LogP contribution is -2.27. The van der Waals surface area contributed by atoms with Gasteiger partial charge in [0.25, 0.3) is 0 Å². The van der Waals surface area contributed by atoms with Gasteiger partial charge in [0.05, 0.1) is 5.69 Å². The molecule has 0 aromatic heterocycles. The highest BCUT2D eigenvalue weighted by Gasteiger charge is 2.24. The number of ketones is 3. The van der Waals surface area contributed by atoms with Gasteiger partial charge in [0.1, 0.15) is 17.5 Å². The number of Topliss-reactive ketones (excluding diaryl/α,β-unsaturated/α-hetero) is 3. The Morgan fingerprint density at radius 3 is 1.09 bits per heavy atom. The average molecular weight is 1330 g/mol. The number of aryl methyl sites for hydroxylation is 1. The summed E-state index contributed by atoms with van der Waals surface area (Å²) in [5.41, 5.74) is 13.4. The topological polar surface area (TPSA) is 175 Å². The summed E-state index contributed by atoms with van der Waals surface area (Å²) >= 11 is 0. The molecule has 12 nitrogen and oxygen atoms in total. The first-order valence-corrected chi connectivity index (χ1v) is 34.7. The number of hydrogen-bond acceptors (Lipinski definition) is 9. The molecule has 12 rings (SSSR count). The van der Waals surface area contributed by atoms with Gasteiger partial charge in [-0.15, -0.1) is 0 Å². The minimum Gasteiger partial charge on any atom is -0.326 e. The van der Waals surface area contributed by atoms with Crippen molar-refractivity contribution in [1.82, 2.24) is 16.0 Å². The summed E-state index contributed by atoms with van der Waals surface area (Å²) in [6.07, 6.45) is 7.74. The zero-order valence-corrected chi connectivity index (χ0v) is 56.2. The van der Waals surface area contributed by atoms with Crippen LogP contribution in [0.2, 0.25) is 0 Å². The highest BCUT2D eigenvalue weighted by atomic mass is 19.1. The molecule has 3 aliphatic heterocycles. The van der Waals surface area contributed by atoms with Crippen LogP contribution in [0.4, 0.5) is 30.2 Å². The van der Waals surface area contributed by atoms with E-state index in [-0.39, 0.29) is 71.8 Å². The third-order valence-corrected chi connectivity index (χ3v) is 18.7. The van der Waals surface area contributed by atoms with Gasteiger partial charge in [0.2, 0.25) is 17.7 Å². The van der Waals surface area contributed by atoms with Gasteiger partial charge >= 0.3 is 0 Å². The van der Waals surface area contributed by atoms with Crippen LogP contribution in [-0.2, 0) is 14.4 Å². The third-order valence-electron chi connectivity index (χ3n) is 18.7. The van der Waals surface area contributed by atoms with Crippen LogP contribution < -0.4 is 31.9 Å². The fourth-order valence-corrected chi connectivity index (χ4v) is 13.0. The van der Waals surface area contributed by atoms with E-state index in [1.165, 1.54) is 23.3 Å². The normalized spacial score (nSPS) is 14.1. The molecule has 6 N–H and O–H groups in total. The molecule has 0 saturated carbocycles. The van der Waals surface area contributed by atoms with Gasteiger partial charge in [-0.05, 0) is 207 Å². The van der Waals surface area contributed by atoms with Gasteiger partial charge in [0.15, 0.2) is 17.3 Å². The number of nitrogens with one attached hydrogen (secondary N) is 6. The van der Waals surface area contributed by atoms with Crippen molar-refractivity contribution in [2.45, 2.75) is 115 Å². The number of anilines is 3. The maximum Gasteiger partial charge on any atom is 0.224 e. The number of piperidine rings is 3. The summed E-state index contributed by atoms with van der Waals surface area (Å²) in [6.45, 7) is 7.54. The molecule has 3 saturated heterocycles. The lowest BCUT2D eigenvalue weighted by Gasteiger charge is -2.25. The average Bonchev–Trinajstić information content (AvgIpc) is 0.904. The van der Waals surface area contributed by atoms with Crippen molar-refractivity contribution in [3.63, 3.8) is 0 Å². The first-order chi connectivity index (χ1) is 48.2. The van der Waals surface area contributed by atoms with Crippen molar-refractivity contribution in [2.75, 3.05) is 55.2 Å². The van der Waals surface area contributed by atoms with Crippen molar-refractivity contribution < 1.29 is 41.9 Å². The van der Waals surface area contributed by atoms with Gasteiger partial charge < -0.3 is 31.9 Å². The summed E-state index contributed by atoms with van der Waals surface area (Å²) in [7, 11) is 0. The summed E-state index contributed by atoms with van der Waals surface area (Å²) < 4.78 is 42.9. The van der Waals surface area contributed by atoms with E-state index in [0.717, 1.165) is 123 Å². The fourth-order valence-electron chi connectivity index (χ4n) is 13.0. The van der Waals surface area contributed by atoms with Crippen LogP contribution in [0.25, 0.3) is 33.4 Å². The lowest BCUT2D eigenvalue weighted by molar-refractivity contribution is -0.117. The Balaban J connectivity index is 0.000000161. The molecule has 3 amide bonds. The first kappa shape index (κ1) is 71.8. The van der Waals surface area contributed by atoms with E-state index in [1.54, 1.807) is 24.3 Å². The van der Waals surface area contributed by atoms with Crippen LogP contribution in [0, 0.1) is 24.4 Å². The summed E-state index contributed by atoms with van der Waals surface area (Å²) in [5, 5.41) is 18.3. The Labute approximate surface area is 579 Å². The zero-order chi connectivity index (χ0) is 69.3. The third kappa shape index (κ3) is 21.3. The van der Waals surface area contributed by atoms with E-state index in [9.17, 15) is 41.9 Å². The Morgan fingerprint density at radius 2 is 0.677 bits per heavy atom. The highest BCUT2D eigenvalue weighted by Crippen LogP contribution is 2.34. The minimum absolute atomic E-state index is 0.000478. The summed E-state index contributed by atoms with van der Waals surface area (Å²) in [5.74, 6) is -1.66. The van der Waals surface area contributed by atoms with E-state index in [0.29, 0.717) is 71.5 Å². The van der Waals surface area contributed by atoms with E-state index in [4.69, 9.17) is 0 Å². The van der Waals surface area contributed by atoms with E-state index in [2.05, 4.69) is 63.1 Å². The molecule has 3 heterocycles. The Bertz CT molecular complexity index is 3980. The number of carbonyl (C=O) groups excluding carboxylic acids is 6. The van der Waals surface area contributed by atoms with E-state index in [1.807, 2.05) is 146 Å². The largest absolute Gasteiger partial charge is 0.326 e. The Kier molecular flexibility index (Phi) is 26.6. The SMILES string of the molecule is Cc1ccc(NC(=O)CCCC(=O)c2ccc(-c3ccccc3)cc2)cc1C1CCNCC1.O=C(CCC(=O)c1ccc(-c2ccccc2)cc1)Nc1cc(C2CCNCC2)c(F)cc1F.O=C(CCCC(=O)c1ccc(-c2ccccc2)cc1)Nc1ccc(F)c(C2CCNCC2)c1. The Morgan fingerprint density at radius 1 is 0.333 bits per heavy atom. The second-order valence-electron chi connectivity index (χ2n) is 25.7. The molecule has 3 fully saturated rings. The maximum absolute atomic E-state index is 14.3. The van der Waals surface area contributed by atoms with Crippen LogP contribution >= 0.6 is 0 Å². The molecule has 0 spiro atoms. The van der Waals surface area contributed by atoms with Crippen LogP contribution in [0.3, 0.4) is 0 Å². The maximum atomic E-state index is 14.3. The number of halogens is 3. The molecule has 0 unspecified atom stereocenters. The molecular weight excluding hydrogens is 1250 g/mol. The van der Waals surface area contributed by atoms with Gasteiger partial charge in [0, 0.05) is 72.7 Å². The second kappa shape index (κ2) is 36.6. The monoisotopic (exact) mass is 1330 g/mol. The van der Waals surface area contributed by atoms with Crippen molar-refractivity contribution in [3.8, 4) is 33.4 Å². The van der Waals surface area contributed by atoms with Crippen molar-refractivity contribution in [3.05, 3.63) is 269 Å². The van der Waals surface area contributed by atoms with E-state index < -0.39 is 17.5 Å². The molecule has 3 aliphatic rings. The molecule has 9 aromatic rings. The zero-order valence-electron chi connectivity index (χ0n) is 56.2. The van der Waals surface area contributed by atoms with Crippen molar-refractivity contribution in [1.29, 1.82) is 0 Å². The van der Waals surface area contributed by atoms with Crippen LogP contribution in [-0.4, -0.2) is 74.3 Å². The minimum atomic E-state index is -0.818. The summed E-state index contributed by atoms with van der Waals surface area (Å²) in [4.78, 5) is 74.8. The molecule has 0 atom stereocenters. The number of rotatable bonds is 23. The smallest absolute Gasteiger partial charge is 0.224 e. The molecule has 9 aromatic carbocycles. The number of benzene rings is 9. The highest BCUT2D eigenvalue weighted by molar-refractivity contribution is 6.01. The van der Waals surface area contributed by atoms with Crippen LogP contribution in [0.15, 0.2) is 212 Å². The van der Waals surface area contributed by atoms with E-state index >= 15 is 0 Å². The molecule has 0 radical (unpaired) electrons. The number of hydrogen-bond donors (Lipinski definition) is 6. The van der Waals surface area contributed by atoms with Crippen molar-refractivity contribution >= 4 is 52.1 Å². The standard InChI is InChI=1S/C29H32N2O2.C28H29FN2O2.C27H26F2N2O2/c1-21-10-15-26(20-27(21)24-16-18-30-19-17-24)31-29(33)9-5-8-28(32)25-13-11-23(12-14-25)22-6-3-2-4-7-22;29-26-14-13-24(19-25(26)22-15-17-30-18-16-22)31-28(33)8-4-7-27(32)23-11-9-21(10-12-23)20-5-2-1-3-6-20;28-23-17-24(29)25(16-22(23)20-12-14-30-15-13-20)31-27(33)11-10-26(32)21-8-6-19(7-9-21)18-4-2-1-3-5-18/h2-4,6-7,10-15,20,24,30H,5,8-9,16-19H2,1H3,(H,31,33);1-3,5-6,9-14,19,22,30H,4,7-8,15-18H2,(H,31,33);1-9,16-17,20,30H,10-15H2,(H,31,33). The number of carbonyl (C=O) groups is 6. The predicted octanol–water partition coefficient (Wildman–Crippen LogP) is 17.8. The Hall–Kier alpha value is -9.93. The molecule has 15 heteroatoms. The molecular formula is C84H87F3N6O6. The first-order valence-electron chi connectivity index (χ1n) is 34.7. The summed E-state index contributed by atoms with van der Waals surface area (Å²) in [6, 6.07) is 65.6. The van der Waals surface area contributed by atoms with Gasteiger partial charge in [-0.1, -0.05) is 170 Å².